The summed E-state index contributed by atoms with van der Waals surface area (Å²) in [5.41, 5.74) is 2.06. The molecule has 3 heteroatoms. The predicted molar refractivity (Wildman–Crippen MR) is 85.4 cm³/mol. The summed E-state index contributed by atoms with van der Waals surface area (Å²) in [5.74, 6) is 0.881. The van der Waals surface area contributed by atoms with Gasteiger partial charge in [-0.2, -0.15) is 0 Å². The summed E-state index contributed by atoms with van der Waals surface area (Å²) < 4.78 is 5.42. The van der Waals surface area contributed by atoms with E-state index in [-0.39, 0.29) is 6.04 Å². The summed E-state index contributed by atoms with van der Waals surface area (Å²) >= 11 is 0. The smallest absolute Gasteiger partial charge is 0.123 e. The van der Waals surface area contributed by atoms with Crippen molar-refractivity contribution in [1.29, 1.82) is 0 Å². The van der Waals surface area contributed by atoms with E-state index in [4.69, 9.17) is 4.74 Å². The van der Waals surface area contributed by atoms with Gasteiger partial charge in [-0.1, -0.05) is 55.5 Å². The topological polar surface area (TPSA) is 41.5 Å². The van der Waals surface area contributed by atoms with Gasteiger partial charge in [0.25, 0.3) is 0 Å². The molecule has 3 nitrogen and oxygen atoms in total. The molecule has 0 aliphatic heterocycles. The summed E-state index contributed by atoms with van der Waals surface area (Å²) in [7, 11) is 1.68. The fourth-order valence-corrected chi connectivity index (χ4v) is 2.48. The number of hydrogen-bond donors (Lipinski definition) is 2. The van der Waals surface area contributed by atoms with Gasteiger partial charge in [-0.05, 0) is 18.1 Å². The van der Waals surface area contributed by atoms with Crippen molar-refractivity contribution >= 4 is 0 Å². The molecule has 0 aromatic heterocycles. The molecule has 2 rings (SSSR count). The number of aliphatic hydroxyl groups excluding tert-OH is 1. The highest BCUT2D eigenvalue weighted by Gasteiger charge is 2.15. The Kier molecular flexibility index (Phi) is 5.78. The number of para-hydroxylation sites is 1. The highest BCUT2D eigenvalue weighted by atomic mass is 16.5. The first-order chi connectivity index (χ1) is 10.3. The highest BCUT2D eigenvalue weighted by molar-refractivity contribution is 5.35. The van der Waals surface area contributed by atoms with E-state index in [1.54, 1.807) is 7.11 Å². The van der Waals surface area contributed by atoms with E-state index in [0.717, 1.165) is 23.3 Å². The van der Waals surface area contributed by atoms with Crippen LogP contribution in [-0.4, -0.2) is 18.8 Å². The normalized spacial score (nSPS) is 13.7. The molecule has 0 aliphatic carbocycles. The Hall–Kier alpha value is -1.84. The molecule has 0 aliphatic rings. The minimum atomic E-state index is -0.505. The largest absolute Gasteiger partial charge is 0.496 e. The van der Waals surface area contributed by atoms with E-state index < -0.39 is 6.10 Å². The van der Waals surface area contributed by atoms with Crippen LogP contribution in [0.2, 0.25) is 0 Å². The van der Waals surface area contributed by atoms with Crippen LogP contribution < -0.4 is 10.1 Å². The zero-order valence-corrected chi connectivity index (χ0v) is 12.6. The molecule has 0 saturated heterocycles. The average Bonchev–Trinajstić information content (AvgIpc) is 2.56. The molecular weight excluding hydrogens is 262 g/mol. The molecule has 0 spiro atoms. The fourth-order valence-electron chi connectivity index (χ4n) is 2.48. The SMILES string of the molecule is CCC(NCC(O)c1ccccc1)c1ccccc1OC. The lowest BCUT2D eigenvalue weighted by Crippen LogP contribution is -2.26. The van der Waals surface area contributed by atoms with E-state index in [1.807, 2.05) is 48.5 Å². The van der Waals surface area contributed by atoms with Crippen LogP contribution in [-0.2, 0) is 0 Å². The van der Waals surface area contributed by atoms with E-state index in [0.29, 0.717) is 6.54 Å². The third kappa shape index (κ3) is 4.06. The molecule has 21 heavy (non-hydrogen) atoms. The molecule has 0 saturated carbocycles. The Bertz CT molecular complexity index is 542. The first kappa shape index (κ1) is 15.5. The van der Waals surface area contributed by atoms with E-state index in [1.165, 1.54) is 0 Å². The molecule has 2 atom stereocenters. The Balaban J connectivity index is 2.03. The number of benzene rings is 2. The Labute approximate surface area is 126 Å². The maximum Gasteiger partial charge on any atom is 0.123 e. The zero-order chi connectivity index (χ0) is 15.1. The van der Waals surface area contributed by atoms with Gasteiger partial charge in [0.1, 0.15) is 5.75 Å². The maximum absolute atomic E-state index is 10.2. The van der Waals surface area contributed by atoms with Crippen molar-refractivity contribution in [2.75, 3.05) is 13.7 Å². The lowest BCUT2D eigenvalue weighted by Gasteiger charge is -2.22. The van der Waals surface area contributed by atoms with Crippen LogP contribution in [0.25, 0.3) is 0 Å². The van der Waals surface area contributed by atoms with Crippen LogP contribution in [0.4, 0.5) is 0 Å². The van der Waals surface area contributed by atoms with Crippen LogP contribution >= 0.6 is 0 Å². The standard InChI is InChI=1S/C18H23NO2/c1-3-16(15-11-7-8-12-18(15)21-2)19-13-17(20)14-9-5-4-6-10-14/h4-12,16-17,19-20H,3,13H2,1-2H3. The van der Waals surface area contributed by atoms with Crippen molar-refractivity contribution < 1.29 is 9.84 Å². The van der Waals surface area contributed by atoms with E-state index >= 15 is 0 Å². The molecule has 0 fully saturated rings. The van der Waals surface area contributed by atoms with Gasteiger partial charge in [0.2, 0.25) is 0 Å². The summed E-state index contributed by atoms with van der Waals surface area (Å²) in [5, 5.41) is 13.7. The van der Waals surface area contributed by atoms with Gasteiger partial charge in [-0.25, -0.2) is 0 Å². The molecule has 112 valence electrons. The van der Waals surface area contributed by atoms with Gasteiger partial charge in [0.05, 0.1) is 13.2 Å². The van der Waals surface area contributed by atoms with Crippen LogP contribution in [0.1, 0.15) is 36.6 Å². The van der Waals surface area contributed by atoms with Crippen LogP contribution in [0.3, 0.4) is 0 Å². The van der Waals surface area contributed by atoms with Gasteiger partial charge in [-0.3, -0.25) is 0 Å². The van der Waals surface area contributed by atoms with Crippen molar-refractivity contribution in [2.45, 2.75) is 25.5 Å². The third-order valence-electron chi connectivity index (χ3n) is 3.66. The van der Waals surface area contributed by atoms with E-state index in [9.17, 15) is 5.11 Å². The number of methoxy groups -OCH3 is 1. The maximum atomic E-state index is 10.2. The van der Waals surface area contributed by atoms with Gasteiger partial charge in [0, 0.05) is 18.2 Å². The quantitative estimate of drug-likeness (QED) is 0.818. The minimum Gasteiger partial charge on any atom is -0.496 e. The van der Waals surface area contributed by atoms with Crippen LogP contribution in [0, 0.1) is 0 Å². The fraction of sp³-hybridized carbons (Fsp3) is 0.333. The molecule has 0 heterocycles. The molecule has 2 N–H and O–H groups in total. The average molecular weight is 285 g/mol. The second kappa shape index (κ2) is 7.81. The van der Waals surface area contributed by atoms with Crippen molar-refractivity contribution in [3.05, 3.63) is 65.7 Å². The monoisotopic (exact) mass is 285 g/mol. The van der Waals surface area contributed by atoms with Crippen molar-refractivity contribution in [2.24, 2.45) is 0 Å². The van der Waals surface area contributed by atoms with Gasteiger partial charge in [0.15, 0.2) is 0 Å². The summed E-state index contributed by atoms with van der Waals surface area (Å²) in [6.07, 6.45) is 0.428. The molecule has 0 amide bonds. The lowest BCUT2D eigenvalue weighted by molar-refractivity contribution is 0.169. The van der Waals surface area contributed by atoms with Gasteiger partial charge < -0.3 is 15.2 Å². The summed E-state index contributed by atoms with van der Waals surface area (Å²) in [4.78, 5) is 0. The molecule has 2 aromatic carbocycles. The van der Waals surface area contributed by atoms with Crippen LogP contribution in [0.15, 0.2) is 54.6 Å². The number of rotatable bonds is 7. The first-order valence-electron chi connectivity index (χ1n) is 7.35. The second-order valence-electron chi connectivity index (χ2n) is 5.04. The van der Waals surface area contributed by atoms with Crippen molar-refractivity contribution in [3.63, 3.8) is 0 Å². The predicted octanol–water partition coefficient (Wildman–Crippen LogP) is 3.47. The van der Waals surface area contributed by atoms with Crippen LogP contribution in [0.5, 0.6) is 5.75 Å². The van der Waals surface area contributed by atoms with Crippen molar-refractivity contribution in [3.8, 4) is 5.75 Å². The number of nitrogens with one attached hydrogen (secondary N) is 1. The van der Waals surface area contributed by atoms with Gasteiger partial charge in [-0.15, -0.1) is 0 Å². The lowest BCUT2D eigenvalue weighted by atomic mass is 10.0. The Morgan fingerprint density at radius 1 is 1.05 bits per heavy atom. The minimum absolute atomic E-state index is 0.166. The molecular formula is C18H23NO2. The van der Waals surface area contributed by atoms with Gasteiger partial charge >= 0.3 is 0 Å². The highest BCUT2D eigenvalue weighted by Crippen LogP contribution is 2.27. The summed E-state index contributed by atoms with van der Waals surface area (Å²) in [6.45, 7) is 2.64. The Morgan fingerprint density at radius 3 is 2.38 bits per heavy atom. The molecule has 2 unspecified atom stereocenters. The van der Waals surface area contributed by atoms with Crippen molar-refractivity contribution in [1.82, 2.24) is 5.32 Å². The zero-order valence-electron chi connectivity index (χ0n) is 12.6. The first-order valence-corrected chi connectivity index (χ1v) is 7.35. The van der Waals surface area contributed by atoms with E-state index in [2.05, 4.69) is 18.3 Å². The number of ether oxygens (including phenoxy) is 1. The third-order valence-corrected chi connectivity index (χ3v) is 3.66. The second-order valence-corrected chi connectivity index (χ2v) is 5.04. The Morgan fingerprint density at radius 2 is 1.71 bits per heavy atom. The molecule has 0 bridgehead atoms. The summed E-state index contributed by atoms with van der Waals surface area (Å²) in [6, 6.07) is 17.9. The number of hydrogen-bond acceptors (Lipinski definition) is 3. The molecule has 2 aromatic rings. The molecule has 0 radical (unpaired) electrons. The number of aliphatic hydroxyl groups is 1.